The van der Waals surface area contributed by atoms with Gasteiger partial charge in [0.05, 0.1) is 6.61 Å². The van der Waals surface area contributed by atoms with E-state index in [-0.39, 0.29) is 11.3 Å². The molecule has 1 atom stereocenters. The van der Waals surface area contributed by atoms with Gasteiger partial charge in [0.2, 0.25) is 0 Å². The molecule has 1 unspecified atom stereocenters. The Kier molecular flexibility index (Phi) is 5.28. The van der Waals surface area contributed by atoms with Crippen LogP contribution in [0.1, 0.15) is 58.4 Å². The van der Waals surface area contributed by atoms with E-state index in [0.717, 1.165) is 31.2 Å². The normalized spacial score (nSPS) is 18.9. The van der Waals surface area contributed by atoms with Gasteiger partial charge in [0.1, 0.15) is 0 Å². The first-order valence-corrected chi connectivity index (χ1v) is 8.35. The van der Waals surface area contributed by atoms with Gasteiger partial charge in [-0.3, -0.25) is 0 Å². The van der Waals surface area contributed by atoms with Crippen LogP contribution in [0.25, 0.3) is 0 Å². The number of hydrogen-bond donors (Lipinski definition) is 1. The monoisotopic (exact) mass is 304 g/mol. The smallest absolute Gasteiger partial charge is 0.338 e. The van der Waals surface area contributed by atoms with E-state index in [0.29, 0.717) is 13.0 Å². The minimum Gasteiger partial charge on any atom is -0.464 e. The highest BCUT2D eigenvalue weighted by molar-refractivity contribution is 5.80. The lowest BCUT2D eigenvalue weighted by molar-refractivity contribution is -0.174. The van der Waals surface area contributed by atoms with Crippen LogP contribution < -0.4 is 0 Å². The first-order chi connectivity index (χ1) is 10.4. The Hall–Kier alpha value is -1.35. The van der Waals surface area contributed by atoms with E-state index in [1.54, 1.807) is 6.92 Å². The second-order valence-corrected chi connectivity index (χ2v) is 7.05. The highest BCUT2D eigenvalue weighted by atomic mass is 16.5. The molecule has 0 saturated heterocycles. The van der Waals surface area contributed by atoms with Crippen molar-refractivity contribution >= 4 is 5.97 Å². The summed E-state index contributed by atoms with van der Waals surface area (Å²) >= 11 is 0. The number of aliphatic hydroxyl groups is 1. The molecule has 1 aliphatic rings. The largest absolute Gasteiger partial charge is 0.464 e. The van der Waals surface area contributed by atoms with E-state index in [1.807, 2.05) is 18.2 Å². The maximum atomic E-state index is 12.5. The van der Waals surface area contributed by atoms with E-state index < -0.39 is 11.6 Å². The van der Waals surface area contributed by atoms with Gasteiger partial charge in [0.25, 0.3) is 0 Å². The van der Waals surface area contributed by atoms with Crippen molar-refractivity contribution in [1.82, 2.24) is 0 Å². The minimum atomic E-state index is -1.38. The summed E-state index contributed by atoms with van der Waals surface area (Å²) in [5.41, 5.74) is -0.535. The van der Waals surface area contributed by atoms with E-state index in [1.165, 1.54) is 0 Å². The highest BCUT2D eigenvalue weighted by Crippen LogP contribution is 2.42. The SMILES string of the molecule is CCOC(=O)C(O)(CC(C)(C)c1ccccc1)C1CCCC1. The Labute approximate surface area is 133 Å². The summed E-state index contributed by atoms with van der Waals surface area (Å²) in [6.07, 6.45) is 4.37. The topological polar surface area (TPSA) is 46.5 Å². The average Bonchev–Trinajstić information content (AvgIpc) is 3.03. The molecule has 3 nitrogen and oxygen atoms in total. The fourth-order valence-electron chi connectivity index (χ4n) is 3.71. The Morgan fingerprint density at radius 1 is 1.23 bits per heavy atom. The summed E-state index contributed by atoms with van der Waals surface area (Å²) in [4.78, 5) is 12.5. The third-order valence-electron chi connectivity index (χ3n) is 4.93. The molecule has 1 fully saturated rings. The lowest BCUT2D eigenvalue weighted by Gasteiger charge is -2.38. The molecule has 1 N–H and O–H groups in total. The summed E-state index contributed by atoms with van der Waals surface area (Å²) in [7, 11) is 0. The van der Waals surface area contributed by atoms with Gasteiger partial charge in [0, 0.05) is 0 Å². The molecule has 0 aromatic heterocycles. The summed E-state index contributed by atoms with van der Waals surface area (Å²) < 4.78 is 5.21. The molecule has 0 heterocycles. The molecule has 0 bridgehead atoms. The second kappa shape index (κ2) is 6.82. The molecule has 0 amide bonds. The van der Waals surface area contributed by atoms with Crippen molar-refractivity contribution in [3.63, 3.8) is 0 Å². The van der Waals surface area contributed by atoms with Gasteiger partial charge in [-0.15, -0.1) is 0 Å². The molecule has 1 aliphatic carbocycles. The Bertz CT molecular complexity index is 489. The van der Waals surface area contributed by atoms with Gasteiger partial charge in [-0.25, -0.2) is 4.79 Å². The molecule has 2 rings (SSSR count). The van der Waals surface area contributed by atoms with Gasteiger partial charge in [-0.2, -0.15) is 0 Å². The van der Waals surface area contributed by atoms with Gasteiger partial charge in [-0.05, 0) is 43.1 Å². The number of carbonyl (C=O) groups excluding carboxylic acids is 1. The maximum absolute atomic E-state index is 12.5. The molecule has 122 valence electrons. The molecular formula is C19H28O3. The van der Waals surface area contributed by atoms with Crippen LogP contribution in [0.4, 0.5) is 0 Å². The van der Waals surface area contributed by atoms with E-state index in [9.17, 15) is 9.90 Å². The second-order valence-electron chi connectivity index (χ2n) is 7.05. The molecule has 1 aromatic carbocycles. The summed E-state index contributed by atoms with van der Waals surface area (Å²) in [5.74, 6) is -0.444. The van der Waals surface area contributed by atoms with Crippen LogP contribution >= 0.6 is 0 Å². The lowest BCUT2D eigenvalue weighted by atomic mass is 9.70. The van der Waals surface area contributed by atoms with E-state index in [2.05, 4.69) is 26.0 Å². The van der Waals surface area contributed by atoms with Crippen LogP contribution in [0.3, 0.4) is 0 Å². The van der Waals surface area contributed by atoms with Crippen molar-refractivity contribution in [2.24, 2.45) is 5.92 Å². The maximum Gasteiger partial charge on any atom is 0.338 e. The van der Waals surface area contributed by atoms with Crippen molar-refractivity contribution in [1.29, 1.82) is 0 Å². The number of esters is 1. The summed E-state index contributed by atoms with van der Waals surface area (Å²) in [6.45, 7) is 6.26. The molecule has 3 heteroatoms. The average molecular weight is 304 g/mol. The number of rotatable bonds is 6. The van der Waals surface area contributed by atoms with Crippen molar-refractivity contribution in [3.8, 4) is 0 Å². The number of carbonyl (C=O) groups is 1. The van der Waals surface area contributed by atoms with Crippen LogP contribution in [-0.2, 0) is 14.9 Å². The van der Waals surface area contributed by atoms with Gasteiger partial charge < -0.3 is 9.84 Å². The van der Waals surface area contributed by atoms with Crippen molar-refractivity contribution in [2.45, 2.75) is 63.9 Å². The molecule has 1 saturated carbocycles. The zero-order valence-electron chi connectivity index (χ0n) is 14.0. The van der Waals surface area contributed by atoms with Crippen LogP contribution in [0, 0.1) is 5.92 Å². The molecule has 0 spiro atoms. The Morgan fingerprint density at radius 3 is 2.36 bits per heavy atom. The third-order valence-corrected chi connectivity index (χ3v) is 4.93. The summed E-state index contributed by atoms with van der Waals surface area (Å²) in [5, 5.41) is 11.2. The van der Waals surface area contributed by atoms with Crippen LogP contribution in [0.5, 0.6) is 0 Å². The quantitative estimate of drug-likeness (QED) is 0.812. The van der Waals surface area contributed by atoms with Crippen LogP contribution in [-0.4, -0.2) is 23.3 Å². The van der Waals surface area contributed by atoms with Crippen molar-refractivity contribution < 1.29 is 14.6 Å². The molecule has 0 aliphatic heterocycles. The molecular weight excluding hydrogens is 276 g/mol. The fraction of sp³-hybridized carbons (Fsp3) is 0.632. The zero-order valence-corrected chi connectivity index (χ0v) is 14.0. The van der Waals surface area contributed by atoms with Gasteiger partial charge >= 0.3 is 5.97 Å². The van der Waals surface area contributed by atoms with Crippen LogP contribution in [0.15, 0.2) is 30.3 Å². The first kappa shape index (κ1) is 17.0. The molecule has 22 heavy (non-hydrogen) atoms. The third kappa shape index (κ3) is 3.52. The lowest BCUT2D eigenvalue weighted by Crippen LogP contribution is -2.50. The zero-order chi connectivity index (χ0) is 16.2. The Balaban J connectivity index is 2.27. The Morgan fingerprint density at radius 2 is 1.82 bits per heavy atom. The highest BCUT2D eigenvalue weighted by Gasteiger charge is 2.49. The molecule has 0 radical (unpaired) electrons. The van der Waals surface area contributed by atoms with Gasteiger partial charge in [-0.1, -0.05) is 57.0 Å². The number of hydrogen-bond acceptors (Lipinski definition) is 3. The first-order valence-electron chi connectivity index (χ1n) is 8.35. The van der Waals surface area contributed by atoms with Crippen LogP contribution in [0.2, 0.25) is 0 Å². The van der Waals surface area contributed by atoms with Crippen molar-refractivity contribution in [3.05, 3.63) is 35.9 Å². The van der Waals surface area contributed by atoms with E-state index in [4.69, 9.17) is 4.74 Å². The number of benzene rings is 1. The van der Waals surface area contributed by atoms with Gasteiger partial charge in [0.15, 0.2) is 5.60 Å². The molecule has 1 aromatic rings. The fourth-order valence-corrected chi connectivity index (χ4v) is 3.71. The van der Waals surface area contributed by atoms with Crippen molar-refractivity contribution in [2.75, 3.05) is 6.61 Å². The summed E-state index contributed by atoms with van der Waals surface area (Å²) in [6, 6.07) is 10.1. The number of ether oxygens (including phenoxy) is 1. The standard InChI is InChI=1S/C19H28O3/c1-4-22-17(20)19(21,16-12-8-9-13-16)14-18(2,3)15-10-6-5-7-11-15/h5-7,10-11,16,21H,4,8-9,12-14H2,1-3H3. The van der Waals surface area contributed by atoms with E-state index >= 15 is 0 Å². The minimum absolute atomic E-state index is 0.00883. The predicted octanol–water partition coefficient (Wildman–Crippen LogP) is 3.84. The predicted molar refractivity (Wildman–Crippen MR) is 87.6 cm³/mol.